The minimum atomic E-state index is -1.11. The van der Waals surface area contributed by atoms with Gasteiger partial charge in [0.05, 0.1) is 6.10 Å². The second-order valence-electron chi connectivity index (χ2n) is 4.88. The number of hydrogen-bond donors (Lipinski definition) is 3. The van der Waals surface area contributed by atoms with E-state index in [0.29, 0.717) is 6.61 Å². The summed E-state index contributed by atoms with van der Waals surface area (Å²) in [6.45, 7) is 7.14. The molecule has 0 aromatic rings. The highest BCUT2D eigenvalue weighted by Crippen LogP contribution is 2.42. The Bertz CT molecular complexity index is 256. The number of nitrogens with one attached hydrogen (secondary N) is 1. The smallest absolute Gasteiger partial charge is 0.247 e. The fourth-order valence-electron chi connectivity index (χ4n) is 2.07. The molecular weight excluding hydrogens is 208 g/mol. The Morgan fingerprint density at radius 3 is 2.75 bits per heavy atom. The molecule has 0 saturated heterocycles. The Morgan fingerprint density at radius 1 is 1.69 bits per heavy atom. The first-order chi connectivity index (χ1) is 7.39. The molecule has 1 rings (SSSR count). The van der Waals surface area contributed by atoms with Gasteiger partial charge in [-0.25, -0.2) is 0 Å². The lowest BCUT2D eigenvalue weighted by Crippen LogP contribution is -2.62. The van der Waals surface area contributed by atoms with E-state index in [2.05, 4.69) is 19.2 Å². The Hall–Kier alpha value is -0.650. The van der Waals surface area contributed by atoms with Gasteiger partial charge in [-0.3, -0.25) is 4.79 Å². The molecule has 1 fully saturated rings. The average Bonchev–Trinajstić information content (AvgIpc) is 2.21. The molecule has 0 bridgehead atoms. The van der Waals surface area contributed by atoms with Gasteiger partial charge in [0.15, 0.2) is 0 Å². The first-order valence-corrected chi connectivity index (χ1v) is 5.72. The van der Waals surface area contributed by atoms with Crippen LogP contribution in [0.25, 0.3) is 0 Å². The maximum absolute atomic E-state index is 10.7. The highest BCUT2D eigenvalue weighted by atomic mass is 16.5. The summed E-state index contributed by atoms with van der Waals surface area (Å²) >= 11 is 0. The van der Waals surface area contributed by atoms with Gasteiger partial charge >= 0.3 is 0 Å². The Labute approximate surface area is 96.3 Å². The van der Waals surface area contributed by atoms with Crippen molar-refractivity contribution in [3.63, 3.8) is 0 Å². The molecule has 0 heterocycles. The van der Waals surface area contributed by atoms with Crippen molar-refractivity contribution in [2.24, 2.45) is 11.1 Å². The summed E-state index contributed by atoms with van der Waals surface area (Å²) in [4.78, 5) is 10.7. The standard InChI is InChI=1S/C11H22N2O3/c1-4-16-9-5-8(11(9,2)3)13-6-7(14)10(12)15/h7-9,13-14H,4-6H2,1-3H3,(H2,12,15). The number of ether oxygens (including phenoxy) is 1. The predicted molar refractivity (Wildman–Crippen MR) is 60.8 cm³/mol. The predicted octanol–water partition coefficient (Wildman–Crippen LogP) is -0.374. The monoisotopic (exact) mass is 230 g/mol. The minimum Gasteiger partial charge on any atom is -0.382 e. The second kappa shape index (κ2) is 5.12. The van der Waals surface area contributed by atoms with E-state index in [1.165, 1.54) is 0 Å². The van der Waals surface area contributed by atoms with Crippen LogP contribution in [-0.4, -0.2) is 42.4 Å². The SMILES string of the molecule is CCOC1CC(NCC(O)C(N)=O)C1(C)C. The lowest BCUT2D eigenvalue weighted by atomic mass is 9.64. The van der Waals surface area contributed by atoms with Gasteiger partial charge in [0.1, 0.15) is 6.10 Å². The second-order valence-corrected chi connectivity index (χ2v) is 4.88. The van der Waals surface area contributed by atoms with Gasteiger partial charge in [0.25, 0.3) is 0 Å². The zero-order valence-electron chi connectivity index (χ0n) is 10.2. The lowest BCUT2D eigenvalue weighted by molar-refractivity contribution is -0.128. The Morgan fingerprint density at radius 2 is 2.31 bits per heavy atom. The van der Waals surface area contributed by atoms with Gasteiger partial charge in [-0.15, -0.1) is 0 Å². The summed E-state index contributed by atoms with van der Waals surface area (Å²) in [5.74, 6) is -0.689. The van der Waals surface area contributed by atoms with Crippen LogP contribution >= 0.6 is 0 Å². The molecule has 1 amide bonds. The van der Waals surface area contributed by atoms with Crippen LogP contribution in [0.2, 0.25) is 0 Å². The number of aliphatic hydroxyl groups excluding tert-OH is 1. The van der Waals surface area contributed by atoms with E-state index in [1.54, 1.807) is 0 Å². The molecule has 0 aromatic heterocycles. The fourth-order valence-corrected chi connectivity index (χ4v) is 2.07. The molecule has 1 aliphatic carbocycles. The average molecular weight is 230 g/mol. The maximum atomic E-state index is 10.7. The van der Waals surface area contributed by atoms with Crippen molar-refractivity contribution in [1.29, 1.82) is 0 Å². The molecule has 3 atom stereocenters. The van der Waals surface area contributed by atoms with E-state index in [9.17, 15) is 9.90 Å². The third kappa shape index (κ3) is 2.72. The van der Waals surface area contributed by atoms with E-state index in [1.807, 2.05) is 6.92 Å². The maximum Gasteiger partial charge on any atom is 0.247 e. The number of hydrogen-bond acceptors (Lipinski definition) is 4. The van der Waals surface area contributed by atoms with E-state index < -0.39 is 12.0 Å². The first kappa shape index (κ1) is 13.4. The van der Waals surface area contributed by atoms with Crippen LogP contribution in [0.5, 0.6) is 0 Å². The van der Waals surface area contributed by atoms with Crippen LogP contribution < -0.4 is 11.1 Å². The normalized spacial score (nSPS) is 29.5. The highest BCUT2D eigenvalue weighted by Gasteiger charge is 2.48. The van der Waals surface area contributed by atoms with E-state index in [4.69, 9.17) is 10.5 Å². The molecule has 0 aliphatic heterocycles. The molecule has 4 N–H and O–H groups in total. The summed E-state index contributed by atoms with van der Waals surface area (Å²) in [5, 5.41) is 12.4. The van der Waals surface area contributed by atoms with Crippen LogP contribution in [0.1, 0.15) is 27.2 Å². The van der Waals surface area contributed by atoms with Crippen molar-refractivity contribution in [2.45, 2.75) is 45.4 Å². The minimum absolute atomic E-state index is 0.0351. The van der Waals surface area contributed by atoms with Gasteiger partial charge in [-0.1, -0.05) is 13.8 Å². The number of carbonyl (C=O) groups excluding carboxylic acids is 1. The van der Waals surface area contributed by atoms with Crippen LogP contribution in [0.3, 0.4) is 0 Å². The van der Waals surface area contributed by atoms with Crippen molar-refractivity contribution >= 4 is 5.91 Å². The summed E-state index contributed by atoms with van der Waals surface area (Å²) < 4.78 is 5.58. The van der Waals surface area contributed by atoms with E-state index >= 15 is 0 Å². The Balaban J connectivity index is 2.33. The van der Waals surface area contributed by atoms with Gasteiger partial charge in [0, 0.05) is 24.6 Å². The van der Waals surface area contributed by atoms with Crippen LogP contribution in [-0.2, 0) is 9.53 Å². The molecule has 16 heavy (non-hydrogen) atoms. The summed E-state index contributed by atoms with van der Waals surface area (Å²) in [6.07, 6.45) is 0.0504. The van der Waals surface area contributed by atoms with Crippen molar-refractivity contribution < 1.29 is 14.6 Å². The number of rotatable bonds is 6. The van der Waals surface area contributed by atoms with E-state index in [0.717, 1.165) is 6.42 Å². The number of nitrogens with two attached hydrogens (primary N) is 1. The molecule has 3 unspecified atom stereocenters. The van der Waals surface area contributed by atoms with Crippen molar-refractivity contribution in [2.75, 3.05) is 13.2 Å². The van der Waals surface area contributed by atoms with Gasteiger partial charge in [0.2, 0.25) is 5.91 Å². The zero-order valence-corrected chi connectivity index (χ0v) is 10.2. The Kier molecular flexibility index (Phi) is 4.29. The molecule has 0 radical (unpaired) electrons. The van der Waals surface area contributed by atoms with Crippen molar-refractivity contribution in [1.82, 2.24) is 5.32 Å². The molecule has 1 aliphatic rings. The van der Waals surface area contributed by atoms with Gasteiger partial charge < -0.3 is 20.9 Å². The summed E-state index contributed by atoms with van der Waals surface area (Å²) in [7, 11) is 0. The molecule has 5 heteroatoms. The topological polar surface area (TPSA) is 84.6 Å². The highest BCUT2D eigenvalue weighted by molar-refractivity contribution is 5.78. The van der Waals surface area contributed by atoms with Crippen LogP contribution in [0.15, 0.2) is 0 Å². The lowest BCUT2D eigenvalue weighted by Gasteiger charge is -2.52. The summed E-state index contributed by atoms with van der Waals surface area (Å²) in [6, 6.07) is 0.262. The molecular formula is C11H22N2O3. The van der Waals surface area contributed by atoms with E-state index in [-0.39, 0.29) is 24.1 Å². The number of primary amides is 1. The summed E-state index contributed by atoms with van der Waals surface area (Å²) in [5.41, 5.74) is 5.01. The van der Waals surface area contributed by atoms with Gasteiger partial charge in [-0.2, -0.15) is 0 Å². The quantitative estimate of drug-likeness (QED) is 0.581. The number of carbonyl (C=O) groups is 1. The van der Waals surface area contributed by atoms with Gasteiger partial charge in [-0.05, 0) is 13.3 Å². The number of amides is 1. The third-order valence-electron chi connectivity index (χ3n) is 3.43. The van der Waals surface area contributed by atoms with Crippen molar-refractivity contribution in [3.05, 3.63) is 0 Å². The van der Waals surface area contributed by atoms with Crippen molar-refractivity contribution in [3.8, 4) is 0 Å². The fraction of sp³-hybridized carbons (Fsp3) is 0.909. The molecule has 5 nitrogen and oxygen atoms in total. The zero-order chi connectivity index (χ0) is 12.3. The molecule has 0 aromatic carbocycles. The molecule has 94 valence electrons. The van der Waals surface area contributed by atoms with Crippen LogP contribution in [0, 0.1) is 5.41 Å². The molecule has 0 spiro atoms. The third-order valence-corrected chi connectivity index (χ3v) is 3.43. The number of aliphatic hydroxyl groups is 1. The molecule has 1 saturated carbocycles. The largest absolute Gasteiger partial charge is 0.382 e. The first-order valence-electron chi connectivity index (χ1n) is 5.72. The van der Waals surface area contributed by atoms with Crippen LogP contribution in [0.4, 0.5) is 0 Å².